The van der Waals surface area contributed by atoms with Crippen LogP contribution in [0.3, 0.4) is 0 Å². The molecule has 0 bridgehead atoms. The molecule has 0 spiro atoms. The topological polar surface area (TPSA) is 107 Å². The highest BCUT2D eigenvalue weighted by molar-refractivity contribution is 14.1. The average Bonchev–Trinajstić information content (AvgIpc) is 2.57. The van der Waals surface area contributed by atoms with Crippen LogP contribution < -0.4 is 10.2 Å². The molecular formula is C17H20I3N3O5. The van der Waals surface area contributed by atoms with Gasteiger partial charge in [-0.2, -0.15) is 0 Å². The van der Waals surface area contributed by atoms with Gasteiger partial charge in [0.2, 0.25) is 11.8 Å². The Morgan fingerprint density at radius 2 is 1.54 bits per heavy atom. The van der Waals surface area contributed by atoms with Gasteiger partial charge in [-0.1, -0.05) is 0 Å². The van der Waals surface area contributed by atoms with Gasteiger partial charge >= 0.3 is 5.97 Å². The van der Waals surface area contributed by atoms with E-state index in [1.54, 1.807) is 21.1 Å². The van der Waals surface area contributed by atoms with Crippen LogP contribution in [0.25, 0.3) is 0 Å². The molecule has 11 heteroatoms. The number of nitrogens with zero attached hydrogens (tertiary/aromatic N) is 2. The monoisotopic (exact) mass is 727 g/mol. The second kappa shape index (κ2) is 10.9. The lowest BCUT2D eigenvalue weighted by Gasteiger charge is -2.25. The van der Waals surface area contributed by atoms with Crippen LogP contribution in [0.4, 0.5) is 11.4 Å². The molecule has 0 aliphatic carbocycles. The molecule has 0 saturated carbocycles. The molecule has 0 aliphatic heterocycles. The van der Waals surface area contributed by atoms with Crippen molar-refractivity contribution in [2.24, 2.45) is 0 Å². The van der Waals surface area contributed by atoms with E-state index in [0.717, 1.165) is 0 Å². The van der Waals surface area contributed by atoms with Crippen LogP contribution >= 0.6 is 67.8 Å². The fourth-order valence-corrected chi connectivity index (χ4v) is 6.85. The predicted octanol–water partition coefficient (Wildman–Crippen LogP) is 3.38. The molecule has 0 saturated heterocycles. The van der Waals surface area contributed by atoms with Gasteiger partial charge in [-0.15, -0.1) is 0 Å². The molecule has 1 aromatic carbocycles. The zero-order chi connectivity index (χ0) is 21.8. The number of anilines is 2. The number of hydrogen-bond acceptors (Lipinski definition) is 4. The summed E-state index contributed by atoms with van der Waals surface area (Å²) in [6, 6.07) is 0. The molecule has 1 rings (SSSR count). The Hall–Kier alpha value is -0.710. The van der Waals surface area contributed by atoms with E-state index in [1.165, 1.54) is 16.7 Å². The Morgan fingerprint density at radius 1 is 0.964 bits per heavy atom. The summed E-state index contributed by atoms with van der Waals surface area (Å²) in [7, 11) is 4.87. The Morgan fingerprint density at radius 3 is 2.00 bits per heavy atom. The molecule has 0 radical (unpaired) electrons. The van der Waals surface area contributed by atoms with Gasteiger partial charge in [0.25, 0.3) is 5.91 Å². The maximum atomic E-state index is 12.8. The van der Waals surface area contributed by atoms with Crippen LogP contribution in [0.5, 0.6) is 0 Å². The van der Waals surface area contributed by atoms with E-state index in [4.69, 9.17) is 5.11 Å². The van der Waals surface area contributed by atoms with Crippen molar-refractivity contribution in [3.8, 4) is 0 Å². The van der Waals surface area contributed by atoms with E-state index >= 15 is 0 Å². The summed E-state index contributed by atoms with van der Waals surface area (Å²) < 4.78 is 1.81. The number of carboxylic acids is 1. The van der Waals surface area contributed by atoms with E-state index in [1.807, 2.05) is 67.8 Å². The normalized spacial score (nSPS) is 10.4. The average molecular weight is 727 g/mol. The fraction of sp³-hybridized carbons (Fsp3) is 0.412. The highest BCUT2D eigenvalue weighted by Crippen LogP contribution is 2.40. The second-order valence-corrected chi connectivity index (χ2v) is 9.35. The first-order valence-corrected chi connectivity index (χ1v) is 11.3. The molecule has 3 amide bonds. The lowest BCUT2D eigenvalue weighted by molar-refractivity contribution is -0.137. The SMILES string of the molecule is CC(=O)N(C)c1c(I)c(NC(=O)CCCC(=O)O)c(I)c(C(=O)N(C)C)c1I. The first-order valence-electron chi connectivity index (χ1n) is 8.08. The number of nitrogens with one attached hydrogen (secondary N) is 1. The lowest BCUT2D eigenvalue weighted by atomic mass is 10.1. The summed E-state index contributed by atoms with van der Waals surface area (Å²) in [6.45, 7) is 1.42. The van der Waals surface area contributed by atoms with Crippen LogP contribution in [-0.2, 0) is 14.4 Å². The van der Waals surface area contributed by atoms with Crippen LogP contribution in [0.15, 0.2) is 0 Å². The minimum atomic E-state index is -0.963. The maximum Gasteiger partial charge on any atom is 0.303 e. The Labute approximate surface area is 204 Å². The zero-order valence-corrected chi connectivity index (χ0v) is 22.2. The third-order valence-corrected chi connectivity index (χ3v) is 6.96. The highest BCUT2D eigenvalue weighted by Gasteiger charge is 2.28. The summed E-state index contributed by atoms with van der Waals surface area (Å²) in [4.78, 5) is 50.6. The summed E-state index contributed by atoms with van der Waals surface area (Å²) in [5, 5.41) is 11.5. The van der Waals surface area contributed by atoms with Crippen LogP contribution in [0, 0.1) is 10.7 Å². The molecule has 1 aromatic rings. The molecule has 0 aliphatic rings. The van der Waals surface area contributed by atoms with E-state index in [9.17, 15) is 19.2 Å². The maximum absolute atomic E-state index is 12.8. The summed E-state index contributed by atoms with van der Waals surface area (Å²) in [5.41, 5.74) is 1.38. The number of carboxylic acid groups (broad SMARTS) is 1. The molecule has 28 heavy (non-hydrogen) atoms. The molecule has 0 atom stereocenters. The molecule has 154 valence electrons. The third kappa shape index (κ3) is 6.14. The van der Waals surface area contributed by atoms with Gasteiger partial charge in [0, 0.05) is 40.9 Å². The van der Waals surface area contributed by atoms with Gasteiger partial charge in [0.15, 0.2) is 0 Å². The van der Waals surface area contributed by atoms with Gasteiger partial charge < -0.3 is 20.2 Å². The third-order valence-electron chi connectivity index (χ3n) is 3.78. The van der Waals surface area contributed by atoms with Crippen molar-refractivity contribution in [3.63, 3.8) is 0 Å². The second-order valence-electron chi connectivity index (χ2n) is 6.11. The van der Waals surface area contributed by atoms with Gasteiger partial charge in [0.1, 0.15) is 0 Å². The molecule has 0 heterocycles. The quantitative estimate of drug-likeness (QED) is 0.420. The minimum Gasteiger partial charge on any atom is -0.481 e. The Kier molecular flexibility index (Phi) is 9.85. The van der Waals surface area contributed by atoms with Gasteiger partial charge in [0.05, 0.1) is 27.6 Å². The number of carbonyl (C=O) groups is 4. The molecule has 0 aromatic heterocycles. The lowest BCUT2D eigenvalue weighted by Crippen LogP contribution is -2.30. The van der Waals surface area contributed by atoms with Crippen molar-refractivity contribution < 1.29 is 24.3 Å². The summed E-state index contributed by atoms with van der Waals surface area (Å²) in [6.07, 6.45) is 0.151. The fourth-order valence-electron chi connectivity index (χ4n) is 2.23. The number of hydrogen-bond donors (Lipinski definition) is 2. The van der Waals surface area contributed by atoms with Crippen molar-refractivity contribution in [1.29, 1.82) is 0 Å². The first kappa shape index (κ1) is 25.3. The van der Waals surface area contributed by atoms with E-state index in [0.29, 0.717) is 27.6 Å². The molecule has 0 fully saturated rings. The van der Waals surface area contributed by atoms with Crippen molar-refractivity contribution in [1.82, 2.24) is 4.90 Å². The molecule has 2 N–H and O–H groups in total. The number of halogens is 3. The number of aliphatic carboxylic acids is 1. The van der Waals surface area contributed by atoms with Gasteiger partial charge in [-0.25, -0.2) is 0 Å². The largest absolute Gasteiger partial charge is 0.481 e. The number of benzene rings is 1. The molecule has 0 unspecified atom stereocenters. The van der Waals surface area contributed by atoms with Crippen molar-refractivity contribution >= 4 is 103 Å². The van der Waals surface area contributed by atoms with Crippen molar-refractivity contribution in [2.75, 3.05) is 31.4 Å². The van der Waals surface area contributed by atoms with E-state index in [2.05, 4.69) is 5.32 Å². The van der Waals surface area contributed by atoms with Crippen LogP contribution in [0.2, 0.25) is 0 Å². The Bertz CT molecular complexity index is 827. The molecular weight excluding hydrogens is 707 g/mol. The highest BCUT2D eigenvalue weighted by atomic mass is 127. The predicted molar refractivity (Wildman–Crippen MR) is 132 cm³/mol. The van der Waals surface area contributed by atoms with Crippen LogP contribution in [0.1, 0.15) is 36.5 Å². The zero-order valence-electron chi connectivity index (χ0n) is 15.7. The molecule has 8 nitrogen and oxygen atoms in total. The number of amides is 3. The number of carbonyl (C=O) groups excluding carboxylic acids is 3. The Balaban J connectivity index is 3.50. The van der Waals surface area contributed by atoms with E-state index in [-0.39, 0.29) is 37.0 Å². The van der Waals surface area contributed by atoms with Crippen molar-refractivity contribution in [3.05, 3.63) is 16.3 Å². The standard InChI is InChI=1S/C17H20I3N3O5/c1-8(24)23(4)16-13(19)11(17(28)22(2)3)12(18)15(14(16)20)21-9(25)6-5-7-10(26)27/h5-7H2,1-4H3,(H,21,25)(H,26,27). The minimum absolute atomic E-state index is 0.0410. The smallest absolute Gasteiger partial charge is 0.303 e. The van der Waals surface area contributed by atoms with Crippen LogP contribution in [-0.4, -0.2) is 54.8 Å². The summed E-state index contributed by atoms with van der Waals surface area (Å²) >= 11 is 6.09. The number of rotatable bonds is 7. The first-order chi connectivity index (χ1) is 12.9. The van der Waals surface area contributed by atoms with Crippen molar-refractivity contribution in [2.45, 2.75) is 26.2 Å². The summed E-state index contributed by atoms with van der Waals surface area (Å²) in [5.74, 6) is -1.77. The van der Waals surface area contributed by atoms with Gasteiger partial charge in [-0.05, 0) is 74.2 Å². The van der Waals surface area contributed by atoms with E-state index < -0.39 is 5.97 Å². The van der Waals surface area contributed by atoms with Gasteiger partial charge in [-0.3, -0.25) is 19.2 Å².